The normalized spacial score (nSPS) is 17.7. The Bertz CT molecular complexity index is 1900. The van der Waals surface area contributed by atoms with Gasteiger partial charge in [-0.3, -0.25) is 14.4 Å². The van der Waals surface area contributed by atoms with Crippen LogP contribution >= 0.6 is 0 Å². The first-order valence-corrected chi connectivity index (χ1v) is 17.7. The summed E-state index contributed by atoms with van der Waals surface area (Å²) in [4.78, 5) is 40.0. The number of amides is 3. The molecule has 0 heterocycles. The van der Waals surface area contributed by atoms with Gasteiger partial charge in [0.25, 0.3) is 5.91 Å². The van der Waals surface area contributed by atoms with Crippen molar-refractivity contribution in [2.75, 3.05) is 13.1 Å². The maximum absolute atomic E-state index is 13.7. The van der Waals surface area contributed by atoms with Crippen molar-refractivity contribution in [3.05, 3.63) is 119 Å². The molecule has 4 aromatic rings. The third kappa shape index (κ3) is 8.26. The first-order valence-electron chi connectivity index (χ1n) is 17.7. The Balaban J connectivity index is 1.01. The third-order valence-corrected chi connectivity index (χ3v) is 10.3. The number of nitrogens with one attached hydrogen (secondary N) is 3. The number of alkyl halides is 6. The van der Waals surface area contributed by atoms with Gasteiger partial charge in [0.2, 0.25) is 11.8 Å². The van der Waals surface area contributed by atoms with E-state index in [1.165, 1.54) is 12.1 Å². The van der Waals surface area contributed by atoms with E-state index in [0.717, 1.165) is 23.3 Å². The highest BCUT2D eigenvalue weighted by Gasteiger charge is 2.49. The van der Waals surface area contributed by atoms with Crippen molar-refractivity contribution < 1.29 is 40.7 Å². The number of benzene rings is 4. The van der Waals surface area contributed by atoms with E-state index in [-0.39, 0.29) is 30.2 Å². The van der Waals surface area contributed by atoms with Gasteiger partial charge in [-0.25, -0.2) is 0 Å². The molecule has 278 valence electrons. The fraction of sp³-hybridized carbons (Fsp3) is 0.341. The van der Waals surface area contributed by atoms with Crippen LogP contribution in [0.1, 0.15) is 72.0 Å². The summed E-state index contributed by atoms with van der Waals surface area (Å²) in [7, 11) is 0. The molecule has 0 aromatic heterocycles. The van der Waals surface area contributed by atoms with E-state index in [1.54, 1.807) is 48.5 Å². The molecule has 1 fully saturated rings. The third-order valence-electron chi connectivity index (χ3n) is 10.3. The van der Waals surface area contributed by atoms with E-state index in [4.69, 9.17) is 0 Å². The Labute approximate surface area is 303 Å². The van der Waals surface area contributed by atoms with Gasteiger partial charge in [0.15, 0.2) is 0 Å². The number of carbonyl (C=O) groups excluding carboxylic acids is 3. The molecule has 2 aliphatic carbocycles. The van der Waals surface area contributed by atoms with Gasteiger partial charge in [-0.2, -0.15) is 26.3 Å². The van der Waals surface area contributed by atoms with Crippen molar-refractivity contribution in [1.82, 2.24) is 16.0 Å². The molecular formula is C41H39F6N3O3. The van der Waals surface area contributed by atoms with Gasteiger partial charge in [-0.05, 0) is 96.5 Å². The zero-order valence-electron chi connectivity index (χ0n) is 28.7. The van der Waals surface area contributed by atoms with E-state index in [0.29, 0.717) is 72.9 Å². The zero-order valence-corrected chi connectivity index (χ0v) is 28.7. The highest BCUT2D eigenvalue weighted by atomic mass is 19.4. The van der Waals surface area contributed by atoms with Crippen molar-refractivity contribution in [1.29, 1.82) is 0 Å². The van der Waals surface area contributed by atoms with Crippen LogP contribution in [0, 0.1) is 5.92 Å². The van der Waals surface area contributed by atoms with Crippen LogP contribution in [0.2, 0.25) is 0 Å². The fourth-order valence-electron chi connectivity index (χ4n) is 7.69. The smallest absolute Gasteiger partial charge is 0.356 e. The van der Waals surface area contributed by atoms with Gasteiger partial charge in [0.05, 0.1) is 5.56 Å². The van der Waals surface area contributed by atoms with E-state index < -0.39 is 35.8 Å². The van der Waals surface area contributed by atoms with Gasteiger partial charge in [0.1, 0.15) is 12.0 Å². The monoisotopic (exact) mass is 735 g/mol. The Morgan fingerprint density at radius 3 is 1.81 bits per heavy atom. The Hall–Kier alpha value is -5.13. The van der Waals surface area contributed by atoms with Gasteiger partial charge in [0, 0.05) is 24.1 Å². The highest BCUT2D eigenvalue weighted by Crippen LogP contribution is 2.51. The number of hydrogen-bond acceptors (Lipinski definition) is 3. The van der Waals surface area contributed by atoms with Gasteiger partial charge in [-0.1, -0.05) is 78.9 Å². The molecule has 2 aliphatic rings. The molecule has 0 unspecified atom stereocenters. The SMILES string of the molecule is O=C(NC1CCC(C(=O)NCCCCC2(C(=O)NCC(F)(F)F)c3ccccc3-c3ccccc32)CC1)c1ccccc1-c1ccc(C(F)(F)F)cc1. The summed E-state index contributed by atoms with van der Waals surface area (Å²) < 4.78 is 78.6. The lowest BCUT2D eigenvalue weighted by atomic mass is 9.73. The van der Waals surface area contributed by atoms with Crippen LogP contribution in [0.3, 0.4) is 0 Å². The maximum Gasteiger partial charge on any atom is 0.416 e. The Kier molecular flexibility index (Phi) is 11.0. The van der Waals surface area contributed by atoms with Crippen LogP contribution in [0.4, 0.5) is 26.3 Å². The van der Waals surface area contributed by atoms with E-state index >= 15 is 0 Å². The molecule has 0 aliphatic heterocycles. The predicted octanol–water partition coefficient (Wildman–Crippen LogP) is 8.59. The topological polar surface area (TPSA) is 87.3 Å². The largest absolute Gasteiger partial charge is 0.416 e. The Morgan fingerprint density at radius 1 is 0.660 bits per heavy atom. The molecule has 0 atom stereocenters. The van der Waals surface area contributed by atoms with Crippen molar-refractivity contribution in [2.45, 2.75) is 68.8 Å². The molecule has 1 saturated carbocycles. The lowest BCUT2D eigenvalue weighted by Crippen LogP contribution is -2.47. The standard InChI is InChI=1S/C41H39F6N3O3/c42-40(43,44)25-49-38(53)39(34-13-5-3-10-31(34)32-11-4-6-14-35(32)39)23-7-8-24-48-36(51)27-17-21-29(22-18-27)50-37(52)33-12-2-1-9-30(33)26-15-19-28(20-16-26)41(45,46)47/h1-6,9-16,19-20,27,29H,7-8,17-18,21-25H2,(H,48,51)(H,49,53)(H,50,52). The van der Waals surface area contributed by atoms with Gasteiger partial charge < -0.3 is 16.0 Å². The summed E-state index contributed by atoms with van der Waals surface area (Å²) >= 11 is 0. The molecule has 53 heavy (non-hydrogen) atoms. The molecule has 0 saturated heterocycles. The summed E-state index contributed by atoms with van der Waals surface area (Å²) in [6.45, 7) is -1.10. The van der Waals surface area contributed by atoms with Crippen LogP contribution in [0.15, 0.2) is 97.1 Å². The molecule has 4 aromatic carbocycles. The van der Waals surface area contributed by atoms with Crippen LogP contribution in [0.5, 0.6) is 0 Å². The summed E-state index contributed by atoms with van der Waals surface area (Å²) in [6.07, 6.45) is -5.55. The second-order valence-corrected chi connectivity index (χ2v) is 13.7. The number of fused-ring (bicyclic) bond motifs is 3. The van der Waals surface area contributed by atoms with E-state index in [9.17, 15) is 40.7 Å². The second-order valence-electron chi connectivity index (χ2n) is 13.7. The summed E-state index contributed by atoms with van der Waals surface area (Å²) in [5, 5.41) is 8.14. The van der Waals surface area contributed by atoms with Crippen molar-refractivity contribution in [2.24, 2.45) is 5.92 Å². The number of halogens is 6. The fourth-order valence-corrected chi connectivity index (χ4v) is 7.69. The molecule has 0 spiro atoms. The second kappa shape index (κ2) is 15.5. The maximum atomic E-state index is 13.7. The molecule has 3 N–H and O–H groups in total. The first kappa shape index (κ1) is 37.6. The minimum Gasteiger partial charge on any atom is -0.356 e. The van der Waals surface area contributed by atoms with Gasteiger partial charge in [-0.15, -0.1) is 0 Å². The zero-order chi connectivity index (χ0) is 37.8. The average molecular weight is 736 g/mol. The lowest BCUT2D eigenvalue weighted by molar-refractivity contribution is -0.141. The molecule has 0 bridgehead atoms. The van der Waals surface area contributed by atoms with Crippen LogP contribution in [-0.2, 0) is 21.2 Å². The van der Waals surface area contributed by atoms with E-state index in [1.807, 2.05) is 24.3 Å². The molecule has 6 rings (SSSR count). The van der Waals surface area contributed by atoms with Crippen molar-refractivity contribution >= 4 is 17.7 Å². The quantitative estimate of drug-likeness (QED) is 0.107. The van der Waals surface area contributed by atoms with Crippen molar-refractivity contribution in [3.8, 4) is 22.3 Å². The average Bonchev–Trinajstić information content (AvgIpc) is 3.43. The number of rotatable bonds is 11. The van der Waals surface area contributed by atoms with Crippen LogP contribution < -0.4 is 16.0 Å². The predicted molar refractivity (Wildman–Crippen MR) is 189 cm³/mol. The number of unbranched alkanes of at least 4 members (excludes halogenated alkanes) is 1. The van der Waals surface area contributed by atoms with Gasteiger partial charge >= 0.3 is 12.4 Å². The molecular weight excluding hydrogens is 696 g/mol. The molecule has 12 heteroatoms. The molecule has 6 nitrogen and oxygen atoms in total. The van der Waals surface area contributed by atoms with Crippen LogP contribution in [-0.4, -0.2) is 43.0 Å². The number of hydrogen-bond donors (Lipinski definition) is 3. The summed E-state index contributed by atoms with van der Waals surface area (Å²) in [5.74, 6) is -1.42. The summed E-state index contributed by atoms with van der Waals surface area (Å²) in [6, 6.07) is 25.8. The van der Waals surface area contributed by atoms with Crippen molar-refractivity contribution in [3.63, 3.8) is 0 Å². The highest BCUT2D eigenvalue weighted by molar-refractivity contribution is 6.01. The minimum atomic E-state index is -4.56. The number of carbonyl (C=O) groups is 3. The first-order chi connectivity index (χ1) is 25.3. The van der Waals surface area contributed by atoms with E-state index in [2.05, 4.69) is 16.0 Å². The Morgan fingerprint density at radius 2 is 1.23 bits per heavy atom. The lowest BCUT2D eigenvalue weighted by Gasteiger charge is -2.31. The summed E-state index contributed by atoms with van der Waals surface area (Å²) in [5.41, 5.74) is 2.23. The molecule has 0 radical (unpaired) electrons. The van der Waals surface area contributed by atoms with Crippen LogP contribution in [0.25, 0.3) is 22.3 Å². The molecule has 3 amide bonds. The minimum absolute atomic E-state index is 0.114.